The Labute approximate surface area is 211 Å². The molecule has 4 nitrogen and oxygen atoms in total. The first-order valence-electron chi connectivity index (χ1n) is 10.9. The Balaban J connectivity index is 2.12. The smallest absolute Gasteiger partial charge is 0.337 e. The number of methoxy groups -OCH3 is 1. The highest BCUT2D eigenvalue weighted by atomic mass is 35.5. The lowest BCUT2D eigenvalue weighted by atomic mass is 9.99. The minimum atomic E-state index is -0.404. The molecule has 0 radical (unpaired) electrons. The lowest BCUT2D eigenvalue weighted by Gasteiger charge is -2.17. The molecular weight excluding hydrogens is 466 g/mol. The van der Waals surface area contributed by atoms with Crippen molar-refractivity contribution in [2.75, 3.05) is 7.11 Å². The maximum atomic E-state index is 11.9. The van der Waals surface area contributed by atoms with E-state index in [0.29, 0.717) is 29.0 Å². The molecule has 6 heteroatoms. The number of halogens is 1. The van der Waals surface area contributed by atoms with Crippen molar-refractivity contribution in [3.63, 3.8) is 0 Å². The van der Waals surface area contributed by atoms with Gasteiger partial charge in [0.2, 0.25) is 0 Å². The molecule has 0 spiro atoms. The van der Waals surface area contributed by atoms with Crippen molar-refractivity contribution in [3.8, 4) is 0 Å². The van der Waals surface area contributed by atoms with Crippen LogP contribution >= 0.6 is 23.4 Å². The summed E-state index contributed by atoms with van der Waals surface area (Å²) in [5.74, 6) is -0.404. The van der Waals surface area contributed by atoms with E-state index >= 15 is 0 Å². The molecule has 1 atom stereocenters. The van der Waals surface area contributed by atoms with Crippen molar-refractivity contribution in [2.24, 2.45) is 0 Å². The minimum Gasteiger partial charge on any atom is -0.465 e. The predicted octanol–water partition coefficient (Wildman–Crippen LogP) is 7.51. The topological polar surface area (TPSA) is 56.3 Å². The summed E-state index contributed by atoms with van der Waals surface area (Å²) in [6.45, 7) is 13.5. The molecule has 178 valence electrons. The molecule has 1 unspecified atom stereocenters. The Kier molecular flexibility index (Phi) is 10.6. The molecular formula is C28H30ClNO3S. The number of hydrogen-bond acceptors (Lipinski definition) is 5. The maximum absolute atomic E-state index is 11.9. The van der Waals surface area contributed by atoms with E-state index in [1.54, 1.807) is 19.9 Å². The van der Waals surface area contributed by atoms with E-state index in [0.717, 1.165) is 27.7 Å². The molecule has 0 N–H and O–H groups in total. The van der Waals surface area contributed by atoms with E-state index in [1.165, 1.54) is 18.9 Å². The normalized spacial score (nSPS) is 13.2. The molecule has 2 aromatic rings. The van der Waals surface area contributed by atoms with Gasteiger partial charge >= 0.3 is 5.97 Å². The highest BCUT2D eigenvalue weighted by Gasteiger charge is 2.18. The fourth-order valence-corrected chi connectivity index (χ4v) is 4.48. The number of benzene rings is 1. The fraction of sp³-hybridized carbons (Fsp3) is 0.250. The second-order valence-electron chi connectivity index (χ2n) is 7.80. The first-order valence-corrected chi connectivity index (χ1v) is 12.1. The molecule has 0 bridgehead atoms. The van der Waals surface area contributed by atoms with Crippen LogP contribution in [0.2, 0.25) is 5.02 Å². The van der Waals surface area contributed by atoms with E-state index in [1.807, 2.05) is 55.5 Å². The average Bonchev–Trinajstić information content (AvgIpc) is 2.79. The second kappa shape index (κ2) is 13.1. The number of hydrogen-bond donors (Lipinski definition) is 0. The van der Waals surface area contributed by atoms with Crippen LogP contribution in [0.25, 0.3) is 17.0 Å². The number of ether oxygens (including phenoxy) is 1. The van der Waals surface area contributed by atoms with E-state index in [2.05, 4.69) is 18.1 Å². The second-order valence-corrected chi connectivity index (χ2v) is 9.62. The van der Waals surface area contributed by atoms with E-state index in [4.69, 9.17) is 16.3 Å². The Morgan fingerprint density at radius 2 is 1.91 bits per heavy atom. The number of pyridine rings is 1. The quantitative estimate of drug-likeness (QED) is 0.194. The number of aromatic nitrogens is 1. The van der Waals surface area contributed by atoms with Gasteiger partial charge in [0, 0.05) is 22.6 Å². The number of rotatable bonds is 10. The number of carbonyl (C=O) groups excluding carboxylic acids is 2. The van der Waals surface area contributed by atoms with Crippen LogP contribution in [-0.2, 0) is 14.3 Å². The van der Waals surface area contributed by atoms with Gasteiger partial charge in [-0.3, -0.25) is 4.79 Å². The molecule has 2 rings (SSSR count). The molecule has 1 heterocycles. The molecule has 1 aromatic heterocycles. The Morgan fingerprint density at radius 1 is 1.21 bits per heavy atom. The van der Waals surface area contributed by atoms with Gasteiger partial charge in [0.25, 0.3) is 0 Å². The van der Waals surface area contributed by atoms with Crippen molar-refractivity contribution in [2.45, 2.75) is 38.9 Å². The molecule has 0 amide bonds. The van der Waals surface area contributed by atoms with Gasteiger partial charge in [0.15, 0.2) is 5.12 Å². The van der Waals surface area contributed by atoms with Gasteiger partial charge in [-0.2, -0.15) is 0 Å². The summed E-state index contributed by atoms with van der Waals surface area (Å²) in [5, 5.41) is 1.64. The van der Waals surface area contributed by atoms with Crippen LogP contribution in [0.5, 0.6) is 0 Å². The third-order valence-corrected chi connectivity index (χ3v) is 6.62. The van der Waals surface area contributed by atoms with Crippen molar-refractivity contribution < 1.29 is 14.3 Å². The highest BCUT2D eigenvalue weighted by Crippen LogP contribution is 2.29. The van der Waals surface area contributed by atoms with Gasteiger partial charge in [-0.15, -0.1) is 0 Å². The van der Waals surface area contributed by atoms with Crippen LogP contribution < -0.4 is 0 Å². The number of thioether (sulfide) groups is 1. The number of allylic oxidation sites excluding steroid dienone is 4. The van der Waals surface area contributed by atoms with Gasteiger partial charge in [0.1, 0.15) is 0 Å². The standard InChI is InChI=1S/C28H30ClNO3S/c1-7-25(28(32)33-6)19(3)9-15-27(34-21(5)31)20(4)16-18(2)8-13-24-14-11-22-10-12-23(29)17-26(22)30-24/h7-8,10-14,16-17,27H,2-3,9,15H2,1,4-6H3/b13-8+,20-16+,25-7+. The molecule has 0 saturated heterocycles. The van der Waals surface area contributed by atoms with Crippen LogP contribution in [0.15, 0.2) is 84.0 Å². The number of esters is 1. The summed E-state index contributed by atoms with van der Waals surface area (Å²) < 4.78 is 4.82. The Hall–Kier alpha value is -2.89. The third kappa shape index (κ3) is 8.15. The first kappa shape index (κ1) is 27.4. The average molecular weight is 496 g/mol. The third-order valence-electron chi connectivity index (χ3n) is 5.16. The summed E-state index contributed by atoms with van der Waals surface area (Å²) in [6, 6.07) is 9.56. The summed E-state index contributed by atoms with van der Waals surface area (Å²) in [6.07, 6.45) is 8.68. The molecule has 0 aliphatic rings. The predicted molar refractivity (Wildman–Crippen MR) is 145 cm³/mol. The zero-order valence-electron chi connectivity index (χ0n) is 20.1. The van der Waals surface area contributed by atoms with E-state index in [-0.39, 0.29) is 10.4 Å². The number of fused-ring (bicyclic) bond motifs is 1. The van der Waals surface area contributed by atoms with Gasteiger partial charge in [-0.25, -0.2) is 9.78 Å². The minimum absolute atomic E-state index is 0.0303. The fourth-order valence-electron chi connectivity index (χ4n) is 3.42. The summed E-state index contributed by atoms with van der Waals surface area (Å²) >= 11 is 7.35. The number of carbonyl (C=O) groups is 2. The molecule has 0 aliphatic heterocycles. The van der Waals surface area contributed by atoms with Gasteiger partial charge < -0.3 is 4.74 Å². The van der Waals surface area contributed by atoms with Gasteiger partial charge in [0.05, 0.1) is 23.9 Å². The molecule has 34 heavy (non-hydrogen) atoms. The highest BCUT2D eigenvalue weighted by molar-refractivity contribution is 8.14. The largest absolute Gasteiger partial charge is 0.465 e. The van der Waals surface area contributed by atoms with E-state index < -0.39 is 5.97 Å². The van der Waals surface area contributed by atoms with Gasteiger partial charge in [-0.1, -0.05) is 72.5 Å². The Bertz CT molecular complexity index is 1190. The molecule has 0 saturated carbocycles. The van der Waals surface area contributed by atoms with Crippen LogP contribution in [0.1, 0.15) is 39.3 Å². The van der Waals surface area contributed by atoms with Crippen molar-refractivity contribution in [1.29, 1.82) is 0 Å². The summed E-state index contributed by atoms with van der Waals surface area (Å²) in [4.78, 5) is 28.4. The van der Waals surface area contributed by atoms with Crippen molar-refractivity contribution in [3.05, 3.63) is 94.7 Å². The summed E-state index contributed by atoms with van der Waals surface area (Å²) in [7, 11) is 1.35. The lowest BCUT2D eigenvalue weighted by Crippen LogP contribution is -2.11. The van der Waals surface area contributed by atoms with Gasteiger partial charge in [-0.05, 0) is 62.1 Å². The first-order chi connectivity index (χ1) is 16.1. The Morgan fingerprint density at radius 3 is 2.56 bits per heavy atom. The van der Waals surface area contributed by atoms with Crippen LogP contribution in [-0.4, -0.2) is 28.4 Å². The van der Waals surface area contributed by atoms with Crippen molar-refractivity contribution in [1.82, 2.24) is 4.98 Å². The zero-order valence-corrected chi connectivity index (χ0v) is 21.6. The van der Waals surface area contributed by atoms with E-state index in [9.17, 15) is 9.59 Å². The lowest BCUT2D eigenvalue weighted by molar-refractivity contribution is -0.135. The van der Waals surface area contributed by atoms with Crippen molar-refractivity contribution >= 4 is 51.4 Å². The zero-order chi connectivity index (χ0) is 25.3. The molecule has 0 aliphatic carbocycles. The van der Waals surface area contributed by atoms with Crippen LogP contribution in [0.4, 0.5) is 0 Å². The number of nitrogens with zero attached hydrogens (tertiary/aromatic N) is 1. The summed E-state index contributed by atoms with van der Waals surface area (Å²) in [5.41, 5.74) is 4.60. The monoisotopic (exact) mass is 495 g/mol. The van der Waals surface area contributed by atoms with Crippen LogP contribution in [0.3, 0.4) is 0 Å². The van der Waals surface area contributed by atoms with Crippen LogP contribution in [0, 0.1) is 0 Å². The molecule has 1 aromatic carbocycles. The SMILES string of the molecule is C=C(/C=C/c1ccc2ccc(Cl)cc2n1)/C=C(\C)C(CCC(=C)/C(=C\C)C(=O)OC)SC(C)=O. The maximum Gasteiger partial charge on any atom is 0.337 e. The molecule has 0 fully saturated rings.